The van der Waals surface area contributed by atoms with Crippen LogP contribution in [0.2, 0.25) is 0 Å². The van der Waals surface area contributed by atoms with E-state index in [0.29, 0.717) is 5.75 Å². The lowest BCUT2D eigenvalue weighted by molar-refractivity contribution is -0.153. The zero-order valence-corrected chi connectivity index (χ0v) is 9.75. The van der Waals surface area contributed by atoms with Gasteiger partial charge in [0.05, 0.1) is 5.57 Å². The quantitative estimate of drug-likeness (QED) is 0.532. The Labute approximate surface area is 108 Å². The number of carbonyl (C=O) groups is 2. The molecule has 1 fully saturated rings. The van der Waals surface area contributed by atoms with Gasteiger partial charge in [-0.2, -0.15) is 0 Å². The zero-order chi connectivity index (χ0) is 13.0. The van der Waals surface area contributed by atoms with Crippen molar-refractivity contribution < 1.29 is 19.1 Å². The second-order valence-electron chi connectivity index (χ2n) is 4.50. The van der Waals surface area contributed by atoms with Gasteiger partial charge in [-0.05, 0) is 22.9 Å². The van der Waals surface area contributed by atoms with Crippen molar-refractivity contribution in [1.29, 1.82) is 0 Å². The van der Waals surface area contributed by atoms with E-state index in [-0.39, 0.29) is 5.57 Å². The van der Waals surface area contributed by atoms with Crippen molar-refractivity contribution in [2.24, 2.45) is 0 Å². The number of esters is 2. The average Bonchev–Trinajstić information content (AvgIpc) is 2.72. The molecular weight excluding hydrogens is 244 g/mol. The predicted molar refractivity (Wildman–Crippen MR) is 67.4 cm³/mol. The lowest BCUT2D eigenvalue weighted by Gasteiger charge is -2.19. The summed E-state index contributed by atoms with van der Waals surface area (Å²) in [5.74, 6) is -0.664. The Morgan fingerprint density at radius 3 is 2.74 bits per heavy atom. The van der Waals surface area contributed by atoms with Gasteiger partial charge in [-0.25, -0.2) is 9.59 Å². The molecule has 0 bridgehead atoms. The van der Waals surface area contributed by atoms with E-state index in [1.54, 1.807) is 12.1 Å². The van der Waals surface area contributed by atoms with Gasteiger partial charge in [-0.3, -0.25) is 0 Å². The average molecular weight is 252 g/mol. The van der Waals surface area contributed by atoms with Crippen LogP contribution in [0.1, 0.15) is 5.56 Å². The minimum absolute atomic E-state index is 0.272. The van der Waals surface area contributed by atoms with Crippen molar-refractivity contribution in [2.45, 2.75) is 6.10 Å². The molecule has 92 valence electrons. The van der Waals surface area contributed by atoms with E-state index in [0.717, 1.165) is 16.3 Å². The fraction of sp³-hybridized carbons (Fsp3) is 0.0667. The van der Waals surface area contributed by atoms with Crippen molar-refractivity contribution in [2.75, 3.05) is 0 Å². The van der Waals surface area contributed by atoms with Crippen LogP contribution in [0.4, 0.5) is 0 Å². The number of hydrogen-bond acceptors (Lipinski definition) is 4. The second kappa shape index (κ2) is 3.45. The standard InChI is InChI=1S/C15H8O4/c16-14-11-7-10-9-4-2-1-3-8(9)5-6-12(10)18-13(11)15(17)19-14/h1-7,13H/t13-/m1/s1. The van der Waals surface area contributed by atoms with Crippen LogP contribution in [0, 0.1) is 0 Å². The summed E-state index contributed by atoms with van der Waals surface area (Å²) in [7, 11) is 0. The van der Waals surface area contributed by atoms with Crippen LogP contribution in [0.3, 0.4) is 0 Å². The number of fused-ring (bicyclic) bond motifs is 4. The fourth-order valence-electron chi connectivity index (χ4n) is 2.49. The lowest BCUT2D eigenvalue weighted by atomic mass is 9.98. The van der Waals surface area contributed by atoms with Gasteiger partial charge in [0, 0.05) is 5.56 Å². The summed E-state index contributed by atoms with van der Waals surface area (Å²) in [4.78, 5) is 23.1. The van der Waals surface area contributed by atoms with E-state index in [1.165, 1.54) is 0 Å². The number of benzene rings is 2. The van der Waals surface area contributed by atoms with Gasteiger partial charge in [0.15, 0.2) is 0 Å². The second-order valence-corrected chi connectivity index (χ2v) is 4.50. The summed E-state index contributed by atoms with van der Waals surface area (Å²) in [6.07, 6.45) is 0.778. The summed E-state index contributed by atoms with van der Waals surface area (Å²) < 4.78 is 10.2. The summed E-state index contributed by atoms with van der Waals surface area (Å²) in [5, 5.41) is 2.04. The largest absolute Gasteiger partial charge is 0.473 e. The van der Waals surface area contributed by atoms with Gasteiger partial charge >= 0.3 is 11.9 Å². The van der Waals surface area contributed by atoms with E-state index in [2.05, 4.69) is 4.74 Å². The fourth-order valence-corrected chi connectivity index (χ4v) is 2.49. The number of rotatable bonds is 0. The molecule has 0 aliphatic carbocycles. The van der Waals surface area contributed by atoms with E-state index in [9.17, 15) is 9.59 Å². The van der Waals surface area contributed by atoms with Gasteiger partial charge < -0.3 is 9.47 Å². The molecule has 19 heavy (non-hydrogen) atoms. The number of ether oxygens (including phenoxy) is 2. The maximum absolute atomic E-state index is 11.6. The molecule has 4 rings (SSSR count). The first-order valence-electron chi connectivity index (χ1n) is 5.90. The van der Waals surface area contributed by atoms with E-state index >= 15 is 0 Å². The third-order valence-electron chi connectivity index (χ3n) is 3.40. The van der Waals surface area contributed by atoms with Crippen LogP contribution in [0.5, 0.6) is 5.75 Å². The summed E-state index contributed by atoms with van der Waals surface area (Å²) in [6, 6.07) is 11.5. The Bertz CT molecular complexity index is 773. The van der Waals surface area contributed by atoms with Crippen LogP contribution in [0.25, 0.3) is 16.8 Å². The smallest absolute Gasteiger partial charge is 0.360 e. The molecule has 2 aliphatic rings. The maximum Gasteiger partial charge on any atom is 0.360 e. The molecule has 0 N–H and O–H groups in total. The molecule has 2 aromatic rings. The van der Waals surface area contributed by atoms with E-state index in [4.69, 9.17) is 4.74 Å². The van der Waals surface area contributed by atoms with Crippen LogP contribution >= 0.6 is 0 Å². The summed E-state index contributed by atoms with van der Waals surface area (Å²) >= 11 is 0. The zero-order valence-electron chi connectivity index (χ0n) is 9.75. The first-order chi connectivity index (χ1) is 9.24. The SMILES string of the molecule is O=C1OC(=O)[C@@H]2Oc3ccc4ccccc4c3C=C12. The maximum atomic E-state index is 11.6. The molecule has 4 heteroatoms. The number of cyclic esters (lactones) is 2. The molecule has 2 aliphatic heterocycles. The van der Waals surface area contributed by atoms with Crippen molar-refractivity contribution in [1.82, 2.24) is 0 Å². The summed E-state index contributed by atoms with van der Waals surface area (Å²) in [5.41, 5.74) is 1.09. The first kappa shape index (κ1) is 10.3. The van der Waals surface area contributed by atoms with E-state index in [1.807, 2.05) is 30.3 Å². The van der Waals surface area contributed by atoms with E-state index < -0.39 is 18.0 Å². The van der Waals surface area contributed by atoms with Crippen LogP contribution < -0.4 is 4.74 Å². The highest BCUT2D eigenvalue weighted by molar-refractivity contribution is 6.14. The van der Waals surface area contributed by atoms with Crippen LogP contribution in [-0.4, -0.2) is 18.0 Å². The monoisotopic (exact) mass is 252 g/mol. The lowest BCUT2D eigenvalue weighted by Crippen LogP contribution is -2.26. The highest BCUT2D eigenvalue weighted by atomic mass is 16.6. The summed E-state index contributed by atoms with van der Waals surface area (Å²) in [6.45, 7) is 0. The van der Waals surface area contributed by atoms with Gasteiger partial charge in [0.25, 0.3) is 0 Å². The number of hydrogen-bond donors (Lipinski definition) is 0. The topological polar surface area (TPSA) is 52.6 Å². The van der Waals surface area contributed by atoms with Gasteiger partial charge in [0.2, 0.25) is 6.10 Å². The minimum Gasteiger partial charge on any atom is -0.473 e. The molecule has 0 aromatic heterocycles. The van der Waals surface area contributed by atoms with Crippen LogP contribution in [0.15, 0.2) is 42.0 Å². The Morgan fingerprint density at radius 2 is 1.84 bits per heavy atom. The molecule has 0 radical (unpaired) electrons. The normalized spacial score (nSPS) is 20.4. The number of carbonyl (C=O) groups excluding carboxylic acids is 2. The molecule has 0 saturated carbocycles. The highest BCUT2D eigenvalue weighted by Crippen LogP contribution is 2.37. The molecule has 1 atom stereocenters. The third kappa shape index (κ3) is 1.34. The molecule has 0 amide bonds. The van der Waals surface area contributed by atoms with Gasteiger partial charge in [-0.1, -0.05) is 30.3 Å². The van der Waals surface area contributed by atoms with Crippen LogP contribution in [-0.2, 0) is 14.3 Å². The Hall–Kier alpha value is -2.62. The molecule has 2 heterocycles. The molecule has 4 nitrogen and oxygen atoms in total. The van der Waals surface area contributed by atoms with Crippen molar-refractivity contribution in [3.63, 3.8) is 0 Å². The van der Waals surface area contributed by atoms with Crippen molar-refractivity contribution >= 4 is 28.8 Å². The molecule has 0 unspecified atom stereocenters. The minimum atomic E-state index is -0.916. The molecule has 2 aromatic carbocycles. The van der Waals surface area contributed by atoms with Gasteiger partial charge in [-0.15, -0.1) is 0 Å². The third-order valence-corrected chi connectivity index (χ3v) is 3.40. The van der Waals surface area contributed by atoms with Gasteiger partial charge in [0.1, 0.15) is 5.75 Å². The van der Waals surface area contributed by atoms with Crippen molar-refractivity contribution in [3.8, 4) is 5.75 Å². The Morgan fingerprint density at radius 1 is 1.00 bits per heavy atom. The Kier molecular flexibility index (Phi) is 1.87. The molecular formula is C15H8O4. The highest BCUT2D eigenvalue weighted by Gasteiger charge is 2.43. The Balaban J connectivity index is 2.01. The molecule has 1 saturated heterocycles. The molecule has 0 spiro atoms. The first-order valence-corrected chi connectivity index (χ1v) is 5.90. The predicted octanol–water partition coefficient (Wildman–Crippen LogP) is 2.07. The van der Waals surface area contributed by atoms with Crippen molar-refractivity contribution in [3.05, 3.63) is 47.5 Å².